The van der Waals surface area contributed by atoms with Crippen LogP contribution in [0.5, 0.6) is 0 Å². The number of para-hydroxylation sites is 1. The number of aromatic nitrogens is 3. The number of Topliss-reactive ketones (excluding diaryl/α,β-unsaturated/α-hetero) is 2. The average Bonchev–Trinajstić information content (AvgIpc) is 1.67. The van der Waals surface area contributed by atoms with Crippen molar-refractivity contribution in [3.05, 3.63) is 90.1 Å². The van der Waals surface area contributed by atoms with Gasteiger partial charge in [0, 0.05) is 107 Å². The number of hydrogen-bond acceptors (Lipinski definition) is 23. The summed E-state index contributed by atoms with van der Waals surface area (Å²) in [4.78, 5) is 262. The topological polar surface area (TPSA) is 696 Å². The normalized spacial score (nSPS) is 18.9. The molecule has 2 aliphatic heterocycles. The van der Waals surface area contributed by atoms with E-state index in [1.165, 1.54) is 57.5 Å². The molecule has 0 radical (unpaired) electrons. The van der Waals surface area contributed by atoms with Gasteiger partial charge in [-0.05, 0) is 87.8 Å². The fourth-order valence-corrected chi connectivity index (χ4v) is 17.5. The van der Waals surface area contributed by atoms with E-state index < -0.39 is 290 Å². The van der Waals surface area contributed by atoms with Crippen LogP contribution in [0.15, 0.2) is 73.3 Å². The lowest BCUT2D eigenvalue weighted by molar-refractivity contribution is -0.143. The van der Waals surface area contributed by atoms with E-state index in [1.807, 2.05) is 0 Å². The van der Waals surface area contributed by atoms with Crippen molar-refractivity contribution in [2.45, 2.75) is 330 Å². The highest BCUT2D eigenvalue weighted by molar-refractivity contribution is 7.92. The number of primary amides is 2. The Labute approximate surface area is 797 Å². The molecular weight excluding hydrogens is 1800 g/mol. The molecule has 0 aliphatic carbocycles. The first-order valence-electron chi connectivity index (χ1n) is 47.6. The van der Waals surface area contributed by atoms with Crippen molar-refractivity contribution in [3.8, 4) is 0 Å². The first-order valence-corrected chi connectivity index (χ1v) is 49.4. The van der Waals surface area contributed by atoms with Gasteiger partial charge in [0.15, 0.2) is 15.8 Å². The number of guanidine groups is 1. The number of aliphatic hydroxyl groups excluding tert-OH is 1. The molecule has 4 aromatic rings. The maximum atomic E-state index is 15.4. The summed E-state index contributed by atoms with van der Waals surface area (Å²) in [5.41, 5.74) is 18.9. The predicted octanol–water partition coefficient (Wildman–Crippen LogP) is 1.34. The highest BCUT2D eigenvalue weighted by atomic mass is 32.2. The van der Waals surface area contributed by atoms with Crippen molar-refractivity contribution in [1.29, 1.82) is 5.41 Å². The summed E-state index contributed by atoms with van der Waals surface area (Å²) in [6.07, 6.45) is 11.0. The standard InChI is InChI=1S/C93H140N20O23S/c1-3-5-7-8-9-10-11-12-13-14-15-16-21-31-62(115)56-137(135,136)47-27-37-78(118)101-54-79(119)103-69(41-44-80(120)121)85(127)107-70(40-43-77(94)117)87(129)111-75(50-60-53-98-57-102-60)90(132)108-71(42-45-81(122)123)86(128)105-67(33-6-4-2)83(125)109-72-39-38-61(114)30-22-18-23-35-66(82(95)124)104-89(131)74(49-59-52-100-65-34-25-24-32-64(59)65)110-84(126)68(36-26-46-99-93(96)97)106-88(130)73(48-58-28-19-17-20-29-58)112-91(133)76-51-63(116)55-113(76)92(72)134/h17,19-20,24-25,28-29,32,34,52-53,57,63,66-76,100,116H,3-16,18,21-23,26-27,30-31,33,35-51,54-56H2,1-2H3,(H2,94,117)(H2,95,124)(H,98,102)(H,101,118)(H,103,119)(H,104,131)(H,105,128)(H,106,130)(H,107,127)(H,108,132)(H,109,125)(H,110,126)(H,111,129)(H,112,133)(H,120,121)(H,122,123)(H4,96,97,99)/t63-,66+,67+,68+,69+,70+,71+,72+,73-,74+,75+,76+/m1/s1. The molecule has 43 nitrogen and oxygen atoms in total. The molecule has 756 valence electrons. The van der Waals surface area contributed by atoms with Crippen LogP contribution in [-0.4, -0.2) is 259 Å². The van der Waals surface area contributed by atoms with Gasteiger partial charge in [0.2, 0.25) is 82.7 Å². The van der Waals surface area contributed by atoms with Crippen LogP contribution in [0.2, 0.25) is 0 Å². The van der Waals surface area contributed by atoms with Crippen molar-refractivity contribution in [2.24, 2.45) is 17.2 Å². The first-order chi connectivity index (χ1) is 65.4. The molecule has 24 N–H and O–H groups in total. The monoisotopic (exact) mass is 1940 g/mol. The number of rotatable bonds is 56. The number of aliphatic hydroxyl groups is 1. The number of carbonyl (C=O) groups excluding carboxylic acids is 16. The fraction of sp³-hybridized carbons (Fsp3) is 0.613. The van der Waals surface area contributed by atoms with E-state index in [-0.39, 0.29) is 95.7 Å². The summed E-state index contributed by atoms with van der Waals surface area (Å²) in [5.74, 6) is -19.7. The molecule has 2 aromatic heterocycles. The van der Waals surface area contributed by atoms with E-state index >= 15 is 19.2 Å². The van der Waals surface area contributed by atoms with Crippen LogP contribution in [0.3, 0.4) is 0 Å². The number of H-pyrrole nitrogens is 2. The second kappa shape index (κ2) is 60.6. The fourth-order valence-electron chi connectivity index (χ4n) is 16.2. The second-order valence-corrected chi connectivity index (χ2v) is 37.3. The molecule has 44 heteroatoms. The van der Waals surface area contributed by atoms with Crippen molar-refractivity contribution in [2.75, 3.05) is 31.1 Å². The van der Waals surface area contributed by atoms with Crippen molar-refractivity contribution < 1.29 is 110 Å². The molecule has 2 aliphatic rings. The zero-order valence-electron chi connectivity index (χ0n) is 78.3. The minimum Gasteiger partial charge on any atom is -0.481 e. The Bertz CT molecular complexity index is 4810. The number of sulfone groups is 1. The van der Waals surface area contributed by atoms with E-state index in [4.69, 9.17) is 22.6 Å². The molecule has 12 atom stereocenters. The summed E-state index contributed by atoms with van der Waals surface area (Å²) in [6, 6.07) is -2.58. The number of carbonyl (C=O) groups is 18. The van der Waals surface area contributed by atoms with Gasteiger partial charge in [-0.3, -0.25) is 91.7 Å². The number of carboxylic acids is 2. The Balaban J connectivity index is 1.20. The average molecular weight is 1940 g/mol. The van der Waals surface area contributed by atoms with Crippen molar-refractivity contribution in [1.82, 2.24) is 83.7 Å². The van der Waals surface area contributed by atoms with Gasteiger partial charge >= 0.3 is 11.9 Å². The lowest BCUT2D eigenvalue weighted by atomic mass is 9.99. The number of imidazole rings is 1. The summed E-state index contributed by atoms with van der Waals surface area (Å²) < 4.78 is 25.7. The van der Waals surface area contributed by atoms with Crippen LogP contribution in [-0.2, 0) is 115 Å². The van der Waals surface area contributed by atoms with E-state index in [0.717, 1.165) is 37.0 Å². The SMILES string of the molecule is CCCCCCCCCCCCCCCC(=O)CS(=O)(=O)CCCC(=O)NCC(=O)N[C@@H](CCC(=O)O)C(=O)N[C@@H](CCC(N)=O)C(=O)N[C@@H](Cc1c[nH]cn1)C(=O)N[C@@H](CCC(=O)O)C(=O)N[C@@H](CCCC)C(=O)N[C@H]1CCC(=O)CCCCC[C@@H](C(N)=O)NC(=O)[C@H](Cc2c[nH]c3ccccc23)NC(=O)[C@H](CCCNC(=N)N)NC(=O)[C@@H](Cc2ccccc2)NC(=O)[C@@H]2C[C@@H](O)CN2C1=O. The van der Waals surface area contributed by atoms with Gasteiger partial charge in [0.1, 0.15) is 83.8 Å². The number of unbranched alkanes of at least 4 members (excludes halogenated alkanes) is 13. The zero-order valence-corrected chi connectivity index (χ0v) is 79.1. The molecule has 2 saturated heterocycles. The van der Waals surface area contributed by atoms with E-state index in [1.54, 1.807) is 67.7 Å². The summed E-state index contributed by atoms with van der Waals surface area (Å²) >= 11 is 0. The van der Waals surface area contributed by atoms with Crippen LogP contribution in [0.4, 0.5) is 0 Å². The van der Waals surface area contributed by atoms with Crippen LogP contribution in [0.1, 0.15) is 255 Å². The van der Waals surface area contributed by atoms with Gasteiger partial charge < -0.3 is 111 Å². The number of nitrogens with zero attached hydrogens (tertiary/aromatic N) is 2. The van der Waals surface area contributed by atoms with E-state index in [2.05, 4.69) is 85.7 Å². The van der Waals surface area contributed by atoms with E-state index in [0.29, 0.717) is 34.9 Å². The largest absolute Gasteiger partial charge is 0.481 e. The van der Waals surface area contributed by atoms with Gasteiger partial charge in [-0.25, -0.2) is 13.4 Å². The van der Waals surface area contributed by atoms with Crippen molar-refractivity contribution >= 4 is 133 Å². The number of benzene rings is 2. The lowest BCUT2D eigenvalue weighted by Crippen LogP contribution is -2.61. The minimum absolute atomic E-state index is 0.0283. The van der Waals surface area contributed by atoms with Crippen LogP contribution in [0.25, 0.3) is 10.9 Å². The Morgan fingerprint density at radius 3 is 1.71 bits per heavy atom. The number of nitrogens with two attached hydrogens (primary N) is 3. The van der Waals surface area contributed by atoms with Gasteiger partial charge in [0.25, 0.3) is 0 Å². The molecule has 4 heterocycles. The second-order valence-electron chi connectivity index (χ2n) is 35.2. The first kappa shape index (κ1) is 113. The number of nitrogens with one attached hydrogen (secondary N) is 15. The van der Waals surface area contributed by atoms with Gasteiger partial charge in [-0.2, -0.15) is 0 Å². The lowest BCUT2D eigenvalue weighted by Gasteiger charge is -2.31. The summed E-state index contributed by atoms with van der Waals surface area (Å²) in [5, 5.41) is 70.1. The predicted molar refractivity (Wildman–Crippen MR) is 503 cm³/mol. The number of carboxylic acid groups (broad SMARTS) is 2. The number of aromatic amines is 2. The molecule has 0 spiro atoms. The third-order valence-electron chi connectivity index (χ3n) is 23.8. The summed E-state index contributed by atoms with van der Waals surface area (Å²) in [6.45, 7) is 2.60. The third kappa shape index (κ3) is 43.0. The number of aliphatic carboxylic acids is 2. The van der Waals surface area contributed by atoms with Crippen LogP contribution < -0.4 is 81.0 Å². The van der Waals surface area contributed by atoms with Crippen molar-refractivity contribution in [3.63, 3.8) is 0 Å². The molecule has 6 rings (SSSR count). The number of fused-ring (bicyclic) bond motifs is 2. The molecule has 137 heavy (non-hydrogen) atoms. The molecule has 14 amide bonds. The molecular formula is C93H140N20O23S. The molecule has 0 unspecified atom stereocenters. The van der Waals surface area contributed by atoms with Gasteiger partial charge in [-0.1, -0.05) is 165 Å². The molecule has 2 aromatic carbocycles. The maximum Gasteiger partial charge on any atom is 0.303 e. The number of hydrogen-bond donors (Lipinski definition) is 21. The minimum atomic E-state index is -3.90. The Morgan fingerprint density at radius 2 is 1.10 bits per heavy atom. The maximum absolute atomic E-state index is 15.4. The zero-order chi connectivity index (χ0) is 100. The third-order valence-corrected chi connectivity index (χ3v) is 25.5. The van der Waals surface area contributed by atoms with Crippen LogP contribution in [0, 0.1) is 5.41 Å². The highest BCUT2D eigenvalue weighted by Crippen LogP contribution is 2.25. The Morgan fingerprint density at radius 1 is 0.547 bits per heavy atom. The number of amides is 14. The Kier molecular flexibility index (Phi) is 50.0. The van der Waals surface area contributed by atoms with Gasteiger partial charge in [-0.15, -0.1) is 0 Å². The quantitative estimate of drug-likeness (QED) is 0.0168. The molecule has 0 saturated carbocycles. The van der Waals surface area contributed by atoms with Gasteiger partial charge in [0.05, 0.1) is 30.4 Å². The molecule has 2 fully saturated rings. The smallest absolute Gasteiger partial charge is 0.303 e. The van der Waals surface area contributed by atoms with E-state index in [9.17, 15) is 90.9 Å². The Hall–Kier alpha value is -12.8. The highest BCUT2D eigenvalue weighted by Gasteiger charge is 2.45. The summed E-state index contributed by atoms with van der Waals surface area (Å²) in [7, 11) is -3.90. The number of ketones is 2. The molecule has 0 bridgehead atoms. The van der Waals surface area contributed by atoms with Crippen LogP contribution >= 0.6 is 0 Å².